The lowest BCUT2D eigenvalue weighted by molar-refractivity contribution is -0.397. The molecule has 0 fully saturated rings. The summed E-state index contributed by atoms with van der Waals surface area (Å²) in [6.07, 6.45) is -17.8. The molecule has 18 heteroatoms. The molecule has 0 aliphatic carbocycles. The fraction of sp³-hybridized carbons (Fsp3) is 0.667. The van der Waals surface area contributed by atoms with Crippen LogP contribution in [0.2, 0.25) is 0 Å². The number of nitrogens with two attached hydrogens (primary N) is 1. The molecule has 0 aromatic carbocycles. The van der Waals surface area contributed by atoms with Gasteiger partial charge in [-0.25, -0.2) is 0 Å². The number of carboxylic acid groups (broad SMARTS) is 2. The molecular formula is C15H19F8N3O6S. The summed E-state index contributed by atoms with van der Waals surface area (Å²) in [6, 6.07) is -3.18. The number of aliphatic carboxylic acids is 2. The molecule has 3 atom stereocenters. The zero-order valence-electron chi connectivity index (χ0n) is 16.3. The molecular weight excluding hydrogens is 502 g/mol. The molecule has 0 bridgehead atoms. The molecule has 0 spiro atoms. The monoisotopic (exact) mass is 521 g/mol. The van der Waals surface area contributed by atoms with Crippen molar-refractivity contribution < 1.29 is 64.5 Å². The van der Waals surface area contributed by atoms with E-state index in [1.165, 1.54) is 0 Å². The van der Waals surface area contributed by atoms with E-state index in [9.17, 15) is 49.5 Å². The number of halogens is 8. The van der Waals surface area contributed by atoms with E-state index >= 15 is 0 Å². The summed E-state index contributed by atoms with van der Waals surface area (Å²) in [5, 5.41) is 16.2. The molecule has 0 aromatic heterocycles. The second kappa shape index (κ2) is 12.2. The third kappa shape index (κ3) is 12.5. The number of nitrogens with one attached hydrogen (secondary N) is 2. The van der Waals surface area contributed by atoms with Crippen molar-refractivity contribution in [1.82, 2.24) is 10.6 Å². The molecule has 3 unspecified atom stereocenters. The third-order valence-corrected chi connectivity index (χ3v) is 4.62. The van der Waals surface area contributed by atoms with Crippen LogP contribution in [-0.4, -0.2) is 76.3 Å². The van der Waals surface area contributed by atoms with Gasteiger partial charge in [-0.3, -0.25) is 19.1 Å². The van der Waals surface area contributed by atoms with Crippen molar-refractivity contribution in [3.05, 3.63) is 12.3 Å². The van der Waals surface area contributed by atoms with Crippen molar-refractivity contribution in [2.75, 3.05) is 12.3 Å². The van der Waals surface area contributed by atoms with Gasteiger partial charge in [-0.05, 0) is 6.42 Å². The van der Waals surface area contributed by atoms with Gasteiger partial charge in [0.25, 0.3) is 0 Å². The second-order valence-electron chi connectivity index (χ2n) is 6.23. The van der Waals surface area contributed by atoms with Crippen LogP contribution in [0.1, 0.15) is 12.8 Å². The van der Waals surface area contributed by atoms with Gasteiger partial charge in [0.15, 0.2) is 0 Å². The van der Waals surface area contributed by atoms with Gasteiger partial charge < -0.3 is 26.6 Å². The standard InChI is InChI=1S/C15H19F8N3O6S/c1-6(25-4-10(28)29)8(26-9(27)3-2-7(24)11(30)31)5-33-14(19,20)12(13(16,17)18)32-15(21,22)23/h7-8,12,25H,1-5,24H2,(H,26,27)(H,28,29)(H,30,31). The molecule has 9 nitrogen and oxygen atoms in total. The van der Waals surface area contributed by atoms with Gasteiger partial charge in [-0.2, -0.15) is 22.0 Å². The predicted molar refractivity (Wildman–Crippen MR) is 95.9 cm³/mol. The minimum absolute atomic E-state index is 0.429. The number of rotatable bonds is 14. The molecule has 1 amide bonds. The molecule has 0 aliphatic heterocycles. The quantitative estimate of drug-likeness (QED) is 0.215. The summed E-state index contributed by atoms with van der Waals surface area (Å²) in [6.45, 7) is 2.41. The van der Waals surface area contributed by atoms with Crippen molar-refractivity contribution in [3.8, 4) is 0 Å². The highest BCUT2D eigenvalue weighted by Crippen LogP contribution is 2.44. The van der Waals surface area contributed by atoms with E-state index in [0.717, 1.165) is 0 Å². The zero-order chi connectivity index (χ0) is 26.2. The Balaban J connectivity index is 5.47. The van der Waals surface area contributed by atoms with E-state index in [0.29, 0.717) is 0 Å². The topological polar surface area (TPSA) is 151 Å². The number of hydrogen-bond acceptors (Lipinski definition) is 7. The van der Waals surface area contributed by atoms with Gasteiger partial charge in [0.2, 0.25) is 12.0 Å². The van der Waals surface area contributed by atoms with E-state index in [1.807, 2.05) is 5.32 Å². The van der Waals surface area contributed by atoms with Crippen LogP contribution < -0.4 is 16.4 Å². The Hall–Kier alpha value is -2.34. The van der Waals surface area contributed by atoms with Gasteiger partial charge >= 0.3 is 29.7 Å². The number of carbonyl (C=O) groups is 3. The molecule has 0 heterocycles. The summed E-state index contributed by atoms with van der Waals surface area (Å²) in [7, 11) is 0. The van der Waals surface area contributed by atoms with Crippen molar-refractivity contribution in [3.63, 3.8) is 0 Å². The zero-order valence-corrected chi connectivity index (χ0v) is 17.1. The lowest BCUT2D eigenvalue weighted by Gasteiger charge is -2.30. The van der Waals surface area contributed by atoms with Gasteiger partial charge in [0, 0.05) is 17.9 Å². The Bertz CT molecular complexity index is 719. The molecule has 0 aromatic rings. The number of alkyl halides is 8. The number of amides is 1. The van der Waals surface area contributed by atoms with Gasteiger partial charge in [-0.15, -0.1) is 13.2 Å². The first kappa shape index (κ1) is 30.7. The van der Waals surface area contributed by atoms with Crippen molar-refractivity contribution in [2.45, 2.75) is 48.8 Å². The summed E-state index contributed by atoms with van der Waals surface area (Å²) in [5.74, 6) is -5.17. The number of hydrogen-bond donors (Lipinski definition) is 5. The number of carboxylic acids is 2. The van der Waals surface area contributed by atoms with E-state index in [-0.39, 0.29) is 0 Å². The van der Waals surface area contributed by atoms with E-state index in [4.69, 9.17) is 15.9 Å². The van der Waals surface area contributed by atoms with Crippen LogP contribution in [0.5, 0.6) is 0 Å². The maximum atomic E-state index is 14.0. The molecule has 0 rings (SSSR count). The van der Waals surface area contributed by atoms with Crippen LogP contribution in [0.15, 0.2) is 12.3 Å². The molecule has 0 saturated carbocycles. The van der Waals surface area contributed by atoms with E-state index in [1.54, 1.807) is 0 Å². The minimum Gasteiger partial charge on any atom is -0.480 e. The smallest absolute Gasteiger partial charge is 0.480 e. The highest BCUT2D eigenvalue weighted by molar-refractivity contribution is 8.00. The highest BCUT2D eigenvalue weighted by Gasteiger charge is 2.61. The molecule has 6 N–H and O–H groups in total. The summed E-state index contributed by atoms with van der Waals surface area (Å²) in [5.41, 5.74) is 4.71. The Labute approximate surface area is 184 Å². The average molecular weight is 521 g/mol. The Morgan fingerprint density at radius 3 is 2.03 bits per heavy atom. The Kier molecular flexibility index (Phi) is 11.3. The van der Waals surface area contributed by atoms with Gasteiger partial charge in [0.1, 0.15) is 12.6 Å². The highest BCUT2D eigenvalue weighted by atomic mass is 32.2. The fourth-order valence-corrected chi connectivity index (χ4v) is 2.95. The normalized spacial score (nSPS) is 15.3. The lowest BCUT2D eigenvalue weighted by Crippen LogP contribution is -2.49. The van der Waals surface area contributed by atoms with Crippen LogP contribution in [0.3, 0.4) is 0 Å². The molecule has 33 heavy (non-hydrogen) atoms. The van der Waals surface area contributed by atoms with Crippen LogP contribution in [0.25, 0.3) is 0 Å². The van der Waals surface area contributed by atoms with Crippen molar-refractivity contribution in [2.24, 2.45) is 5.73 Å². The van der Waals surface area contributed by atoms with Crippen LogP contribution in [0.4, 0.5) is 35.1 Å². The van der Waals surface area contributed by atoms with Crippen LogP contribution in [-0.2, 0) is 19.1 Å². The number of thioether (sulfide) groups is 1. The van der Waals surface area contributed by atoms with E-state index < -0.39 is 96.4 Å². The first-order valence-corrected chi connectivity index (χ1v) is 9.50. The third-order valence-electron chi connectivity index (χ3n) is 3.52. The second-order valence-corrected chi connectivity index (χ2v) is 7.40. The van der Waals surface area contributed by atoms with Gasteiger partial charge in [-0.1, -0.05) is 18.3 Å². The summed E-state index contributed by atoms with van der Waals surface area (Å²) < 4.78 is 105. The molecule has 0 saturated heterocycles. The Morgan fingerprint density at radius 2 is 1.61 bits per heavy atom. The van der Waals surface area contributed by atoms with Crippen molar-refractivity contribution >= 4 is 29.6 Å². The summed E-state index contributed by atoms with van der Waals surface area (Å²) in [4.78, 5) is 33.2. The minimum atomic E-state index is -6.13. The summed E-state index contributed by atoms with van der Waals surface area (Å²) >= 11 is -0.964. The lowest BCUT2D eigenvalue weighted by atomic mass is 10.1. The first-order valence-electron chi connectivity index (χ1n) is 8.51. The average Bonchev–Trinajstić information content (AvgIpc) is 2.63. The number of carbonyl (C=O) groups excluding carboxylic acids is 1. The maximum absolute atomic E-state index is 14.0. The molecule has 0 radical (unpaired) electrons. The van der Waals surface area contributed by atoms with Crippen LogP contribution in [0, 0.1) is 0 Å². The fourth-order valence-electron chi connectivity index (χ4n) is 1.95. The maximum Gasteiger partial charge on any atom is 0.523 e. The SMILES string of the molecule is C=C(NCC(=O)O)C(CSC(F)(F)C(OC(F)(F)F)C(F)(F)F)NC(=O)CCC(N)C(=O)O. The molecule has 192 valence electrons. The van der Waals surface area contributed by atoms with Crippen molar-refractivity contribution in [1.29, 1.82) is 0 Å². The Morgan fingerprint density at radius 1 is 1.06 bits per heavy atom. The largest absolute Gasteiger partial charge is 0.523 e. The van der Waals surface area contributed by atoms with Gasteiger partial charge in [0.05, 0.1) is 6.04 Å². The van der Waals surface area contributed by atoms with E-state index in [2.05, 4.69) is 16.6 Å². The number of ether oxygens (including phenoxy) is 1. The predicted octanol–water partition coefficient (Wildman–Crippen LogP) is 1.64. The van der Waals surface area contributed by atoms with Crippen LogP contribution >= 0.6 is 11.8 Å². The first-order chi connectivity index (χ1) is 14.8. The molecule has 0 aliphatic rings.